The Morgan fingerprint density at radius 1 is 0.938 bits per heavy atom. The highest BCUT2D eigenvalue weighted by molar-refractivity contribution is 6.30. The summed E-state index contributed by atoms with van der Waals surface area (Å²) in [6.45, 7) is 0. The third-order valence-electron chi connectivity index (χ3n) is 1.72. The zero-order valence-electron chi connectivity index (χ0n) is 8.30. The average molecular weight is 261 g/mol. The number of benzene rings is 1. The predicted molar refractivity (Wildman–Crippen MR) is 65.1 cm³/mol. The van der Waals surface area contributed by atoms with Gasteiger partial charge in [-0.25, -0.2) is 0 Å². The van der Waals surface area contributed by atoms with E-state index < -0.39 is 0 Å². The van der Waals surface area contributed by atoms with Crippen molar-refractivity contribution in [3.05, 3.63) is 24.3 Å². The van der Waals surface area contributed by atoms with Gasteiger partial charge in [0.2, 0.25) is 11.8 Å². The summed E-state index contributed by atoms with van der Waals surface area (Å²) < 4.78 is 0. The van der Waals surface area contributed by atoms with Crippen molar-refractivity contribution in [2.45, 2.75) is 0 Å². The zero-order chi connectivity index (χ0) is 12.0. The van der Waals surface area contributed by atoms with E-state index in [1.807, 2.05) is 0 Å². The summed E-state index contributed by atoms with van der Waals surface area (Å²) in [5.74, 6) is -0.960. The van der Waals surface area contributed by atoms with Crippen molar-refractivity contribution in [1.82, 2.24) is 0 Å². The van der Waals surface area contributed by atoms with Crippen LogP contribution in [0.25, 0.3) is 0 Å². The summed E-state index contributed by atoms with van der Waals surface area (Å²) in [5, 5.41) is 5.12. The van der Waals surface area contributed by atoms with E-state index >= 15 is 0 Å². The van der Waals surface area contributed by atoms with E-state index in [0.29, 0.717) is 11.4 Å². The van der Waals surface area contributed by atoms with Crippen molar-refractivity contribution < 1.29 is 9.59 Å². The summed E-state index contributed by atoms with van der Waals surface area (Å²) in [7, 11) is 0. The van der Waals surface area contributed by atoms with Crippen LogP contribution in [0, 0.1) is 0 Å². The van der Waals surface area contributed by atoms with Crippen LogP contribution in [0.15, 0.2) is 24.3 Å². The Balaban J connectivity index is 2.83. The molecule has 0 atom stereocenters. The highest BCUT2D eigenvalue weighted by atomic mass is 35.5. The molecule has 0 radical (unpaired) electrons. The number of alkyl halides is 2. The standard InChI is InChI=1S/C10H10Cl2N2O2/c11-5-9(15)13-7-3-1-2-4-8(7)14-10(16)6-12/h1-4H,5-6H2,(H,13,15)(H,14,16). The van der Waals surface area contributed by atoms with Gasteiger partial charge in [0.15, 0.2) is 0 Å². The van der Waals surface area contributed by atoms with Crippen molar-refractivity contribution in [3.8, 4) is 0 Å². The molecule has 0 spiro atoms. The van der Waals surface area contributed by atoms with Gasteiger partial charge in [-0.2, -0.15) is 0 Å². The smallest absolute Gasteiger partial charge is 0.239 e. The molecule has 0 fully saturated rings. The van der Waals surface area contributed by atoms with Gasteiger partial charge in [-0.15, -0.1) is 23.2 Å². The molecule has 0 heterocycles. The number of amides is 2. The highest BCUT2D eigenvalue weighted by Crippen LogP contribution is 2.20. The Morgan fingerprint density at radius 2 is 1.31 bits per heavy atom. The monoisotopic (exact) mass is 260 g/mol. The molecule has 0 saturated carbocycles. The van der Waals surface area contributed by atoms with Crippen LogP contribution in [0.4, 0.5) is 11.4 Å². The number of hydrogen-bond acceptors (Lipinski definition) is 2. The molecule has 2 amide bonds. The second-order valence-electron chi connectivity index (χ2n) is 2.91. The molecule has 0 aromatic heterocycles. The Kier molecular flexibility index (Phi) is 5.08. The van der Waals surface area contributed by atoms with Gasteiger partial charge in [0.1, 0.15) is 11.8 Å². The fraction of sp³-hybridized carbons (Fsp3) is 0.200. The maximum atomic E-state index is 11.1. The average Bonchev–Trinajstić information content (AvgIpc) is 2.31. The van der Waals surface area contributed by atoms with Gasteiger partial charge >= 0.3 is 0 Å². The maximum Gasteiger partial charge on any atom is 0.239 e. The molecule has 1 rings (SSSR count). The predicted octanol–water partition coefficient (Wildman–Crippen LogP) is 2.04. The third-order valence-corrected chi connectivity index (χ3v) is 2.20. The molecule has 0 bridgehead atoms. The molecule has 0 unspecified atom stereocenters. The second-order valence-corrected chi connectivity index (χ2v) is 3.44. The van der Waals surface area contributed by atoms with Crippen LogP contribution >= 0.6 is 23.2 Å². The molecule has 1 aromatic rings. The number of carbonyl (C=O) groups is 2. The van der Waals surface area contributed by atoms with Crippen LogP contribution in [0.1, 0.15) is 0 Å². The number of hydrogen-bond donors (Lipinski definition) is 2. The number of rotatable bonds is 4. The maximum absolute atomic E-state index is 11.1. The molecule has 6 heteroatoms. The summed E-state index contributed by atoms with van der Waals surface area (Å²) in [6, 6.07) is 6.79. The van der Waals surface area contributed by atoms with E-state index in [1.165, 1.54) is 0 Å². The number of halogens is 2. The summed E-state index contributed by atoms with van der Waals surface area (Å²) in [5.41, 5.74) is 0.984. The fourth-order valence-electron chi connectivity index (χ4n) is 1.07. The number of nitrogens with one attached hydrogen (secondary N) is 2. The lowest BCUT2D eigenvalue weighted by Crippen LogP contribution is -2.17. The van der Waals surface area contributed by atoms with Crippen molar-refractivity contribution in [3.63, 3.8) is 0 Å². The first kappa shape index (κ1) is 12.8. The van der Waals surface area contributed by atoms with Gasteiger partial charge in [-0.3, -0.25) is 9.59 Å². The molecule has 16 heavy (non-hydrogen) atoms. The van der Waals surface area contributed by atoms with Crippen molar-refractivity contribution in [1.29, 1.82) is 0 Å². The van der Waals surface area contributed by atoms with E-state index in [0.717, 1.165) is 0 Å². The highest BCUT2D eigenvalue weighted by Gasteiger charge is 2.07. The SMILES string of the molecule is O=C(CCl)Nc1ccccc1NC(=O)CCl. The minimum Gasteiger partial charge on any atom is -0.323 e. The second kappa shape index (κ2) is 6.35. The Bertz CT molecular complexity index is 359. The van der Waals surface area contributed by atoms with E-state index in [2.05, 4.69) is 10.6 Å². The van der Waals surface area contributed by atoms with Crippen LogP contribution in [-0.2, 0) is 9.59 Å². The van der Waals surface area contributed by atoms with Crippen molar-refractivity contribution in [2.75, 3.05) is 22.4 Å². The van der Waals surface area contributed by atoms with E-state index in [1.54, 1.807) is 24.3 Å². The number of para-hydroxylation sites is 2. The van der Waals surface area contributed by atoms with E-state index in [4.69, 9.17) is 23.2 Å². The van der Waals surface area contributed by atoms with Crippen LogP contribution in [0.3, 0.4) is 0 Å². The number of carbonyl (C=O) groups excluding carboxylic acids is 2. The van der Waals surface area contributed by atoms with Crippen molar-refractivity contribution in [2.24, 2.45) is 0 Å². The first-order valence-electron chi connectivity index (χ1n) is 4.48. The van der Waals surface area contributed by atoms with E-state index in [9.17, 15) is 9.59 Å². The first-order valence-corrected chi connectivity index (χ1v) is 5.55. The van der Waals surface area contributed by atoms with Gasteiger partial charge in [0, 0.05) is 0 Å². The van der Waals surface area contributed by atoms with Gasteiger partial charge < -0.3 is 10.6 Å². The van der Waals surface area contributed by atoms with Gasteiger partial charge in [-0.05, 0) is 12.1 Å². The minimum atomic E-state index is -0.339. The Morgan fingerprint density at radius 3 is 1.62 bits per heavy atom. The molecule has 0 saturated heterocycles. The fourth-order valence-corrected chi connectivity index (χ4v) is 1.20. The lowest BCUT2D eigenvalue weighted by atomic mass is 10.2. The normalized spacial score (nSPS) is 9.62. The minimum absolute atomic E-state index is 0.141. The molecular formula is C10H10Cl2N2O2. The quantitative estimate of drug-likeness (QED) is 0.815. The van der Waals surface area contributed by atoms with Crippen LogP contribution < -0.4 is 10.6 Å². The summed E-state index contributed by atoms with van der Waals surface area (Å²) >= 11 is 10.7. The largest absolute Gasteiger partial charge is 0.323 e. The van der Waals surface area contributed by atoms with Gasteiger partial charge in [0.25, 0.3) is 0 Å². The first-order chi connectivity index (χ1) is 7.67. The molecule has 0 aliphatic heterocycles. The topological polar surface area (TPSA) is 58.2 Å². The van der Waals surface area contributed by atoms with Crippen LogP contribution in [-0.4, -0.2) is 23.6 Å². The molecule has 1 aromatic carbocycles. The molecule has 4 nitrogen and oxygen atoms in total. The van der Waals surface area contributed by atoms with Crippen LogP contribution in [0.2, 0.25) is 0 Å². The lowest BCUT2D eigenvalue weighted by Gasteiger charge is -2.10. The molecule has 86 valence electrons. The van der Waals surface area contributed by atoms with Crippen molar-refractivity contribution >= 4 is 46.4 Å². The zero-order valence-corrected chi connectivity index (χ0v) is 9.81. The third kappa shape index (κ3) is 3.72. The number of anilines is 2. The molecular weight excluding hydrogens is 251 g/mol. The summed E-state index contributed by atoms with van der Waals surface area (Å²) in [6.07, 6.45) is 0. The lowest BCUT2D eigenvalue weighted by molar-refractivity contribution is -0.114. The summed E-state index contributed by atoms with van der Waals surface area (Å²) in [4.78, 5) is 22.2. The van der Waals surface area contributed by atoms with E-state index in [-0.39, 0.29) is 23.6 Å². The molecule has 0 aliphatic carbocycles. The molecule has 2 N–H and O–H groups in total. The Labute approximate surface area is 103 Å². The van der Waals surface area contributed by atoms with Gasteiger partial charge in [0.05, 0.1) is 11.4 Å². The van der Waals surface area contributed by atoms with Gasteiger partial charge in [-0.1, -0.05) is 12.1 Å². The molecule has 0 aliphatic rings. The Hall–Kier alpha value is -1.26. The van der Waals surface area contributed by atoms with Crippen LogP contribution in [0.5, 0.6) is 0 Å².